The van der Waals surface area contributed by atoms with Crippen LogP contribution in [0, 0.1) is 0 Å². The number of benzene rings is 1. The fourth-order valence-corrected chi connectivity index (χ4v) is 2.27. The molecule has 108 valence electrons. The summed E-state index contributed by atoms with van der Waals surface area (Å²) >= 11 is 0. The first-order chi connectivity index (χ1) is 8.95. The number of alkyl halides is 2. The van der Waals surface area contributed by atoms with Crippen LogP contribution >= 0.6 is 0 Å². The number of halogens is 2. The van der Waals surface area contributed by atoms with Crippen LogP contribution in [0.2, 0.25) is 0 Å². The van der Waals surface area contributed by atoms with Crippen LogP contribution in [0.1, 0.15) is 6.92 Å². The van der Waals surface area contributed by atoms with Crippen molar-refractivity contribution in [2.24, 2.45) is 0 Å². The number of hydrogen-bond donors (Lipinski definition) is 1. The van der Waals surface area contributed by atoms with Gasteiger partial charge in [-0.25, -0.2) is 17.2 Å². The minimum Gasteiger partial charge on any atom is -0.383 e. The van der Waals surface area contributed by atoms with E-state index in [4.69, 9.17) is 4.74 Å². The summed E-state index contributed by atoms with van der Waals surface area (Å²) in [6, 6.07) is 6.30. The predicted molar refractivity (Wildman–Crippen MR) is 69.5 cm³/mol. The Morgan fingerprint density at radius 3 is 2.42 bits per heavy atom. The predicted octanol–water partition coefficient (Wildman–Crippen LogP) is 2.17. The molecule has 0 unspecified atom stereocenters. The van der Waals surface area contributed by atoms with Gasteiger partial charge in [0.1, 0.15) is 6.61 Å². The van der Waals surface area contributed by atoms with Gasteiger partial charge in [-0.05, 0) is 24.3 Å². The summed E-state index contributed by atoms with van der Waals surface area (Å²) in [5.41, 5.74) is 0.718. The molecule has 0 spiro atoms. The minimum absolute atomic E-state index is 0.0568. The van der Waals surface area contributed by atoms with Gasteiger partial charge in [0.25, 0.3) is 6.43 Å². The molecule has 0 fully saturated rings. The lowest BCUT2D eigenvalue weighted by molar-refractivity contribution is 0.0215. The molecule has 0 saturated carbocycles. The molecule has 4 nitrogen and oxygen atoms in total. The lowest BCUT2D eigenvalue weighted by atomic mass is 10.3. The fraction of sp³-hybridized carbons (Fsp3) is 0.500. The average Bonchev–Trinajstić information content (AvgIpc) is 2.38. The number of rotatable bonds is 8. The minimum atomic E-state index is -3.19. The van der Waals surface area contributed by atoms with Crippen molar-refractivity contribution in [3.8, 4) is 0 Å². The van der Waals surface area contributed by atoms with Gasteiger partial charge in [-0.1, -0.05) is 6.92 Å². The summed E-state index contributed by atoms with van der Waals surface area (Å²) in [7, 11) is -3.19. The molecule has 0 aliphatic heterocycles. The highest BCUT2D eigenvalue weighted by Crippen LogP contribution is 2.15. The Morgan fingerprint density at radius 2 is 1.89 bits per heavy atom. The van der Waals surface area contributed by atoms with Crippen molar-refractivity contribution in [3.05, 3.63) is 24.3 Å². The smallest absolute Gasteiger partial charge is 0.261 e. The molecule has 1 aromatic carbocycles. The summed E-state index contributed by atoms with van der Waals surface area (Å²) in [6.07, 6.45) is -2.46. The summed E-state index contributed by atoms with van der Waals surface area (Å²) in [5.74, 6) is 0.0568. The molecule has 0 heterocycles. The van der Waals surface area contributed by atoms with Crippen LogP contribution in [-0.4, -0.2) is 40.4 Å². The lowest BCUT2D eigenvalue weighted by Crippen LogP contribution is -2.13. The van der Waals surface area contributed by atoms with Crippen LogP contribution in [-0.2, 0) is 14.6 Å². The van der Waals surface area contributed by atoms with Gasteiger partial charge < -0.3 is 10.1 Å². The van der Waals surface area contributed by atoms with Gasteiger partial charge in [0, 0.05) is 12.2 Å². The Hall–Kier alpha value is -1.21. The zero-order valence-corrected chi connectivity index (χ0v) is 11.4. The Morgan fingerprint density at radius 1 is 1.26 bits per heavy atom. The molecule has 7 heteroatoms. The summed E-state index contributed by atoms with van der Waals surface area (Å²) in [4.78, 5) is 0.273. The van der Waals surface area contributed by atoms with Crippen LogP contribution in [0.5, 0.6) is 0 Å². The van der Waals surface area contributed by atoms with E-state index in [1.165, 1.54) is 12.1 Å². The monoisotopic (exact) mass is 293 g/mol. The van der Waals surface area contributed by atoms with Crippen molar-refractivity contribution < 1.29 is 21.9 Å². The highest BCUT2D eigenvalue weighted by atomic mass is 32.2. The van der Waals surface area contributed by atoms with Crippen molar-refractivity contribution >= 4 is 15.5 Å². The molecule has 19 heavy (non-hydrogen) atoms. The van der Waals surface area contributed by atoms with E-state index >= 15 is 0 Å². The maximum absolute atomic E-state index is 11.8. The van der Waals surface area contributed by atoms with E-state index in [1.807, 2.05) is 0 Å². The van der Waals surface area contributed by atoms with Crippen LogP contribution in [0.3, 0.4) is 0 Å². The van der Waals surface area contributed by atoms with Crippen molar-refractivity contribution in [2.45, 2.75) is 18.2 Å². The number of nitrogens with one attached hydrogen (secondary N) is 1. The standard InChI is InChI=1S/C12H17F2NO3S/c1-2-19(16,17)11-5-3-10(4-6-11)15-7-8-18-9-12(13)14/h3-6,12,15H,2,7-9H2,1H3. The van der Waals surface area contributed by atoms with E-state index in [-0.39, 0.29) is 17.3 Å². The summed E-state index contributed by atoms with van der Waals surface area (Å²) in [5, 5.41) is 2.95. The molecular weight excluding hydrogens is 276 g/mol. The molecule has 0 aromatic heterocycles. The first kappa shape index (κ1) is 15.8. The molecule has 0 amide bonds. The lowest BCUT2D eigenvalue weighted by Gasteiger charge is -2.08. The van der Waals surface area contributed by atoms with Crippen molar-refractivity contribution in [2.75, 3.05) is 30.8 Å². The number of hydrogen-bond acceptors (Lipinski definition) is 4. The molecule has 0 atom stereocenters. The van der Waals surface area contributed by atoms with Crippen LogP contribution in [0.25, 0.3) is 0 Å². The van der Waals surface area contributed by atoms with Crippen LogP contribution in [0.4, 0.5) is 14.5 Å². The van der Waals surface area contributed by atoms with Crippen molar-refractivity contribution in [3.63, 3.8) is 0 Å². The van der Waals surface area contributed by atoms with E-state index < -0.39 is 22.9 Å². The van der Waals surface area contributed by atoms with Gasteiger partial charge in [0.15, 0.2) is 9.84 Å². The molecule has 0 bridgehead atoms. The highest BCUT2D eigenvalue weighted by molar-refractivity contribution is 7.91. The molecule has 1 N–H and O–H groups in total. The van der Waals surface area contributed by atoms with Crippen molar-refractivity contribution in [1.29, 1.82) is 0 Å². The first-order valence-electron chi connectivity index (χ1n) is 5.88. The molecular formula is C12H17F2NO3S. The normalized spacial score (nSPS) is 11.8. The first-order valence-corrected chi connectivity index (χ1v) is 7.53. The van der Waals surface area contributed by atoms with E-state index in [2.05, 4.69) is 5.32 Å². The topological polar surface area (TPSA) is 55.4 Å². The van der Waals surface area contributed by atoms with Gasteiger partial charge in [-0.3, -0.25) is 0 Å². The van der Waals surface area contributed by atoms with Gasteiger partial charge in [0.05, 0.1) is 17.3 Å². The molecule has 0 aliphatic rings. The maximum atomic E-state index is 11.8. The molecule has 0 radical (unpaired) electrons. The second-order valence-corrected chi connectivity index (χ2v) is 6.10. The number of ether oxygens (including phenoxy) is 1. The third-order valence-corrected chi connectivity index (χ3v) is 4.16. The Balaban J connectivity index is 2.41. The maximum Gasteiger partial charge on any atom is 0.261 e. The van der Waals surface area contributed by atoms with Gasteiger partial charge in [-0.2, -0.15) is 0 Å². The molecule has 1 rings (SSSR count). The Labute approximate surface area is 111 Å². The zero-order valence-electron chi connectivity index (χ0n) is 10.6. The fourth-order valence-electron chi connectivity index (χ4n) is 1.39. The third kappa shape index (κ3) is 5.52. The van der Waals surface area contributed by atoms with E-state index in [1.54, 1.807) is 19.1 Å². The second kappa shape index (κ2) is 7.40. The number of sulfone groups is 1. The average molecular weight is 293 g/mol. The quantitative estimate of drug-likeness (QED) is 0.746. The molecule has 0 aliphatic carbocycles. The molecule has 1 aromatic rings. The van der Waals surface area contributed by atoms with Crippen LogP contribution in [0.15, 0.2) is 29.2 Å². The Kier molecular flexibility index (Phi) is 6.17. The van der Waals surface area contributed by atoms with Gasteiger partial charge in [-0.15, -0.1) is 0 Å². The van der Waals surface area contributed by atoms with E-state index in [0.717, 1.165) is 5.69 Å². The SMILES string of the molecule is CCS(=O)(=O)c1ccc(NCCOCC(F)F)cc1. The summed E-state index contributed by atoms with van der Waals surface area (Å²) in [6.45, 7) is 1.56. The van der Waals surface area contributed by atoms with Gasteiger partial charge >= 0.3 is 0 Å². The molecule has 0 saturated heterocycles. The number of anilines is 1. The van der Waals surface area contributed by atoms with E-state index in [9.17, 15) is 17.2 Å². The van der Waals surface area contributed by atoms with Gasteiger partial charge in [0.2, 0.25) is 0 Å². The van der Waals surface area contributed by atoms with Crippen molar-refractivity contribution in [1.82, 2.24) is 0 Å². The van der Waals surface area contributed by atoms with E-state index in [0.29, 0.717) is 6.54 Å². The third-order valence-electron chi connectivity index (χ3n) is 2.41. The largest absolute Gasteiger partial charge is 0.383 e. The second-order valence-electron chi connectivity index (χ2n) is 3.82. The summed E-state index contributed by atoms with van der Waals surface area (Å²) < 4.78 is 51.4. The highest BCUT2D eigenvalue weighted by Gasteiger charge is 2.10. The zero-order chi connectivity index (χ0) is 14.3. The van der Waals surface area contributed by atoms with Crippen LogP contribution < -0.4 is 5.32 Å². The Bertz CT molecular complexity index is 474.